The second-order valence-electron chi connectivity index (χ2n) is 16.6. The minimum absolute atomic E-state index is 0.880. The molecule has 0 saturated carbocycles. The molecule has 0 aliphatic rings. The molecular formula is C62H38O. The van der Waals surface area contributed by atoms with Gasteiger partial charge in [0.15, 0.2) is 0 Å². The van der Waals surface area contributed by atoms with Crippen LogP contribution in [0.4, 0.5) is 0 Å². The summed E-state index contributed by atoms with van der Waals surface area (Å²) in [5.41, 5.74) is 13.8. The molecule has 1 heterocycles. The molecule has 13 rings (SSSR count). The van der Waals surface area contributed by atoms with E-state index in [0.29, 0.717) is 0 Å². The molecule has 0 aliphatic carbocycles. The van der Waals surface area contributed by atoms with Crippen molar-refractivity contribution in [3.05, 3.63) is 231 Å². The van der Waals surface area contributed by atoms with Crippen LogP contribution in [0, 0.1) is 0 Å². The maximum Gasteiger partial charge on any atom is 0.143 e. The molecule has 1 aromatic heterocycles. The summed E-state index contributed by atoms with van der Waals surface area (Å²) in [4.78, 5) is 0. The van der Waals surface area contributed by atoms with Crippen molar-refractivity contribution < 1.29 is 4.42 Å². The van der Waals surface area contributed by atoms with Gasteiger partial charge in [0.2, 0.25) is 0 Å². The van der Waals surface area contributed by atoms with Crippen molar-refractivity contribution in [2.45, 2.75) is 0 Å². The lowest BCUT2D eigenvalue weighted by molar-refractivity contribution is 0.670. The third-order valence-corrected chi connectivity index (χ3v) is 13.3. The molecule has 0 saturated heterocycles. The van der Waals surface area contributed by atoms with E-state index in [4.69, 9.17) is 4.42 Å². The van der Waals surface area contributed by atoms with E-state index in [2.05, 4.69) is 231 Å². The maximum absolute atomic E-state index is 7.10. The van der Waals surface area contributed by atoms with E-state index in [1.807, 2.05) is 0 Å². The number of hydrogen-bond donors (Lipinski definition) is 0. The quantitative estimate of drug-likeness (QED) is 0.158. The highest BCUT2D eigenvalue weighted by Crippen LogP contribution is 2.50. The Balaban J connectivity index is 1.04. The van der Waals surface area contributed by atoms with E-state index in [1.54, 1.807) is 0 Å². The Bertz CT molecular complexity index is 3830. The first-order chi connectivity index (χ1) is 31.3. The molecule has 0 unspecified atom stereocenters. The number of benzene rings is 12. The van der Waals surface area contributed by atoms with E-state index < -0.39 is 0 Å². The van der Waals surface area contributed by atoms with Gasteiger partial charge in [-0.25, -0.2) is 0 Å². The molecule has 0 spiro atoms. The summed E-state index contributed by atoms with van der Waals surface area (Å²) in [5, 5.41) is 14.5. The van der Waals surface area contributed by atoms with E-state index in [-0.39, 0.29) is 0 Å². The van der Waals surface area contributed by atoms with Crippen LogP contribution in [-0.4, -0.2) is 0 Å². The minimum Gasteiger partial charge on any atom is -0.455 e. The van der Waals surface area contributed by atoms with Crippen LogP contribution in [0.5, 0.6) is 0 Å². The molecule has 0 aliphatic heterocycles. The molecule has 13 aromatic rings. The summed E-state index contributed by atoms with van der Waals surface area (Å²) in [6.45, 7) is 0. The molecule has 0 N–H and O–H groups in total. The second-order valence-corrected chi connectivity index (χ2v) is 16.6. The number of para-hydroxylation sites is 1. The summed E-state index contributed by atoms with van der Waals surface area (Å²) in [6, 6.07) is 84.0. The van der Waals surface area contributed by atoms with Crippen molar-refractivity contribution in [3.63, 3.8) is 0 Å². The minimum atomic E-state index is 0.880. The van der Waals surface area contributed by atoms with Gasteiger partial charge in [0.05, 0.1) is 0 Å². The van der Waals surface area contributed by atoms with Crippen molar-refractivity contribution in [1.82, 2.24) is 0 Å². The molecule has 1 nitrogen and oxygen atoms in total. The fraction of sp³-hybridized carbons (Fsp3) is 0. The largest absolute Gasteiger partial charge is 0.455 e. The van der Waals surface area contributed by atoms with Gasteiger partial charge in [-0.05, 0) is 104 Å². The van der Waals surface area contributed by atoms with Gasteiger partial charge in [0.1, 0.15) is 11.2 Å². The molecule has 12 aromatic carbocycles. The van der Waals surface area contributed by atoms with E-state index >= 15 is 0 Å². The monoisotopic (exact) mass is 798 g/mol. The van der Waals surface area contributed by atoms with Crippen LogP contribution < -0.4 is 0 Å². The molecule has 1 heteroatoms. The summed E-state index contributed by atoms with van der Waals surface area (Å²) in [7, 11) is 0. The molecular weight excluding hydrogens is 761 g/mol. The average molecular weight is 799 g/mol. The van der Waals surface area contributed by atoms with Crippen LogP contribution in [0.2, 0.25) is 0 Å². The zero-order valence-corrected chi connectivity index (χ0v) is 34.3. The lowest BCUT2D eigenvalue weighted by atomic mass is 9.84. The molecule has 0 radical (unpaired) electrons. The van der Waals surface area contributed by atoms with E-state index in [9.17, 15) is 0 Å². The Hall–Kier alpha value is -8.26. The first-order valence-corrected chi connectivity index (χ1v) is 21.8. The third kappa shape index (κ3) is 5.43. The van der Waals surface area contributed by atoms with Crippen LogP contribution in [-0.2, 0) is 0 Å². The van der Waals surface area contributed by atoms with Crippen LogP contribution >= 0.6 is 0 Å². The number of furan rings is 1. The molecule has 0 bridgehead atoms. The van der Waals surface area contributed by atoms with Gasteiger partial charge in [-0.2, -0.15) is 0 Å². The fourth-order valence-corrected chi connectivity index (χ4v) is 10.6. The maximum atomic E-state index is 7.10. The van der Waals surface area contributed by atoms with Crippen molar-refractivity contribution in [2.24, 2.45) is 0 Å². The van der Waals surface area contributed by atoms with E-state index in [1.165, 1.54) is 104 Å². The highest BCUT2D eigenvalue weighted by Gasteiger charge is 2.23. The second kappa shape index (κ2) is 14.2. The Morgan fingerprint density at radius 2 is 0.603 bits per heavy atom. The van der Waals surface area contributed by atoms with Crippen molar-refractivity contribution >= 4 is 75.8 Å². The number of fused-ring (bicyclic) bond motifs is 8. The van der Waals surface area contributed by atoms with Gasteiger partial charge in [-0.15, -0.1) is 0 Å². The van der Waals surface area contributed by atoms with Crippen molar-refractivity contribution in [1.29, 1.82) is 0 Å². The molecule has 292 valence electrons. The van der Waals surface area contributed by atoms with Crippen LogP contribution in [0.25, 0.3) is 131 Å². The van der Waals surface area contributed by atoms with Crippen molar-refractivity contribution in [2.75, 3.05) is 0 Å². The zero-order chi connectivity index (χ0) is 41.4. The number of hydrogen-bond acceptors (Lipinski definition) is 1. The van der Waals surface area contributed by atoms with Gasteiger partial charge in [0, 0.05) is 21.9 Å². The summed E-state index contributed by atoms with van der Waals surface area (Å²) in [5.74, 6) is 0. The van der Waals surface area contributed by atoms with Gasteiger partial charge in [0.25, 0.3) is 0 Å². The SMILES string of the molecule is c1ccc(-c2c3ccccc3c(-c3cccc4c3oc3cccc(-c5c6ccccc6c(-c6ccc(-c7cccc8ccccc78)cc6)c6ccccc56)c34)c3ccccc23)cc1. The smallest absolute Gasteiger partial charge is 0.143 e. The highest BCUT2D eigenvalue weighted by molar-refractivity contribution is 6.28. The first-order valence-electron chi connectivity index (χ1n) is 21.8. The predicted molar refractivity (Wildman–Crippen MR) is 268 cm³/mol. The Morgan fingerprint density at radius 3 is 1.19 bits per heavy atom. The van der Waals surface area contributed by atoms with Crippen LogP contribution in [0.1, 0.15) is 0 Å². The van der Waals surface area contributed by atoms with Crippen LogP contribution in [0.15, 0.2) is 235 Å². The van der Waals surface area contributed by atoms with Gasteiger partial charge < -0.3 is 4.42 Å². The third-order valence-electron chi connectivity index (χ3n) is 13.3. The summed E-state index contributed by atoms with van der Waals surface area (Å²) >= 11 is 0. The molecule has 63 heavy (non-hydrogen) atoms. The lowest BCUT2D eigenvalue weighted by Crippen LogP contribution is -1.91. The molecule has 0 fully saturated rings. The first kappa shape index (κ1) is 35.5. The van der Waals surface area contributed by atoms with Gasteiger partial charge in [-0.3, -0.25) is 0 Å². The Labute approximate surface area is 364 Å². The van der Waals surface area contributed by atoms with Crippen LogP contribution in [0.3, 0.4) is 0 Å². The van der Waals surface area contributed by atoms with Crippen molar-refractivity contribution in [3.8, 4) is 55.6 Å². The topological polar surface area (TPSA) is 13.1 Å². The standard InChI is InChI=1S/C62H38O/c1-2-18-41(19-3-1)57-47-24-8-12-28-51(47)60(52-29-13-9-25-48(52)57)54-32-15-33-55-61-53(31-16-34-56(61)63-62(54)55)59-49-26-10-6-22-45(49)58(46-23-7-11-27-50(46)59)42-37-35-40(36-38-42)44-30-14-20-39-17-4-5-21-43(39)44/h1-38H. The average Bonchev–Trinajstić information content (AvgIpc) is 3.75. The lowest BCUT2D eigenvalue weighted by Gasteiger charge is -2.18. The number of rotatable bonds is 5. The fourth-order valence-electron chi connectivity index (χ4n) is 10.6. The normalized spacial score (nSPS) is 11.8. The Morgan fingerprint density at radius 1 is 0.222 bits per heavy atom. The molecule has 0 amide bonds. The highest BCUT2D eigenvalue weighted by atomic mass is 16.3. The zero-order valence-electron chi connectivity index (χ0n) is 34.3. The summed E-state index contributed by atoms with van der Waals surface area (Å²) < 4.78 is 7.10. The predicted octanol–water partition coefficient (Wildman–Crippen LogP) is 17.7. The molecule has 0 atom stereocenters. The van der Waals surface area contributed by atoms with E-state index in [0.717, 1.165) is 27.5 Å². The van der Waals surface area contributed by atoms with Gasteiger partial charge >= 0.3 is 0 Å². The Kier molecular flexibility index (Phi) is 7.98. The summed E-state index contributed by atoms with van der Waals surface area (Å²) in [6.07, 6.45) is 0. The van der Waals surface area contributed by atoms with Gasteiger partial charge in [-0.1, -0.05) is 224 Å².